The van der Waals surface area contributed by atoms with Crippen LogP contribution in [0.3, 0.4) is 0 Å². The number of nitrogens with one attached hydrogen (secondary N) is 1. The molecule has 2 nitrogen and oxygen atoms in total. The Morgan fingerprint density at radius 2 is 1.83 bits per heavy atom. The summed E-state index contributed by atoms with van der Waals surface area (Å²) < 4.78 is 0. The van der Waals surface area contributed by atoms with Crippen molar-refractivity contribution >= 4 is 0 Å². The van der Waals surface area contributed by atoms with Gasteiger partial charge in [-0.15, -0.1) is 0 Å². The summed E-state index contributed by atoms with van der Waals surface area (Å²) in [7, 11) is 0. The Labute approximate surface area is 111 Å². The highest BCUT2D eigenvalue weighted by Crippen LogP contribution is 2.27. The summed E-state index contributed by atoms with van der Waals surface area (Å²) in [4.78, 5) is 2.61. The molecule has 0 saturated carbocycles. The van der Waals surface area contributed by atoms with E-state index in [4.69, 9.17) is 0 Å². The molecule has 1 aliphatic heterocycles. The smallest absolute Gasteiger partial charge is 0.0108 e. The Morgan fingerprint density at radius 3 is 2.44 bits per heavy atom. The van der Waals surface area contributed by atoms with Crippen molar-refractivity contribution in [2.75, 3.05) is 32.7 Å². The van der Waals surface area contributed by atoms with Gasteiger partial charge in [0.2, 0.25) is 0 Å². The molecule has 1 fully saturated rings. The zero-order chi connectivity index (χ0) is 12.8. The van der Waals surface area contributed by atoms with E-state index in [2.05, 4.69) is 54.4 Å². The largest absolute Gasteiger partial charge is 0.314 e. The first-order chi connectivity index (χ1) is 8.81. The number of piperazine rings is 1. The van der Waals surface area contributed by atoms with E-state index in [9.17, 15) is 0 Å². The summed E-state index contributed by atoms with van der Waals surface area (Å²) in [5.41, 5.74) is 1.50. The lowest BCUT2D eigenvalue weighted by Crippen LogP contribution is -2.45. The van der Waals surface area contributed by atoms with Gasteiger partial charge >= 0.3 is 0 Å². The summed E-state index contributed by atoms with van der Waals surface area (Å²) in [6, 6.07) is 11.0. The standard InChI is InChI=1S/C16H26N2/c1-3-14(2)16(15-7-5-4-6-8-15)13-18-11-9-17-10-12-18/h4-8,14,16-17H,3,9-13H2,1-2H3. The third kappa shape index (κ3) is 3.56. The Balaban J connectivity index is 2.05. The normalized spacial score (nSPS) is 20.6. The number of nitrogens with zero attached hydrogens (tertiary/aromatic N) is 1. The van der Waals surface area contributed by atoms with Crippen molar-refractivity contribution in [3.8, 4) is 0 Å². The van der Waals surface area contributed by atoms with Crippen LogP contribution in [-0.4, -0.2) is 37.6 Å². The number of hydrogen-bond acceptors (Lipinski definition) is 2. The third-order valence-corrected chi connectivity index (χ3v) is 4.22. The van der Waals surface area contributed by atoms with Crippen LogP contribution >= 0.6 is 0 Å². The van der Waals surface area contributed by atoms with Gasteiger partial charge in [0, 0.05) is 32.7 Å². The van der Waals surface area contributed by atoms with E-state index >= 15 is 0 Å². The highest BCUT2D eigenvalue weighted by molar-refractivity contribution is 5.20. The lowest BCUT2D eigenvalue weighted by molar-refractivity contribution is 0.207. The van der Waals surface area contributed by atoms with Crippen LogP contribution in [0.25, 0.3) is 0 Å². The third-order valence-electron chi connectivity index (χ3n) is 4.22. The molecule has 100 valence electrons. The number of benzene rings is 1. The van der Waals surface area contributed by atoms with Crippen LogP contribution in [-0.2, 0) is 0 Å². The van der Waals surface area contributed by atoms with E-state index in [1.165, 1.54) is 31.6 Å². The molecule has 1 N–H and O–H groups in total. The van der Waals surface area contributed by atoms with Crippen molar-refractivity contribution in [1.29, 1.82) is 0 Å². The summed E-state index contributed by atoms with van der Waals surface area (Å²) in [6.07, 6.45) is 1.26. The first-order valence-corrected chi connectivity index (χ1v) is 7.29. The Kier molecular flexibility index (Phi) is 5.21. The molecule has 2 heteroatoms. The van der Waals surface area contributed by atoms with Gasteiger partial charge < -0.3 is 10.2 Å². The van der Waals surface area contributed by atoms with E-state index < -0.39 is 0 Å². The minimum absolute atomic E-state index is 0.675. The van der Waals surface area contributed by atoms with Gasteiger partial charge in [-0.3, -0.25) is 0 Å². The number of rotatable bonds is 5. The fourth-order valence-electron chi connectivity index (χ4n) is 2.77. The second kappa shape index (κ2) is 6.91. The lowest BCUT2D eigenvalue weighted by atomic mass is 9.85. The second-order valence-electron chi connectivity index (χ2n) is 5.45. The molecule has 0 aromatic heterocycles. The number of hydrogen-bond donors (Lipinski definition) is 1. The van der Waals surface area contributed by atoms with Crippen LogP contribution in [0.5, 0.6) is 0 Å². The van der Waals surface area contributed by atoms with Crippen LogP contribution in [0.1, 0.15) is 31.7 Å². The average Bonchev–Trinajstić information content (AvgIpc) is 2.46. The quantitative estimate of drug-likeness (QED) is 0.859. The first-order valence-electron chi connectivity index (χ1n) is 7.29. The molecule has 0 radical (unpaired) electrons. The molecule has 1 heterocycles. The Bertz CT molecular complexity index is 330. The molecule has 1 aromatic carbocycles. The van der Waals surface area contributed by atoms with Crippen LogP contribution < -0.4 is 5.32 Å². The van der Waals surface area contributed by atoms with Gasteiger partial charge in [-0.05, 0) is 17.4 Å². The van der Waals surface area contributed by atoms with Crippen molar-refractivity contribution in [3.05, 3.63) is 35.9 Å². The minimum atomic E-state index is 0.675. The SMILES string of the molecule is CCC(C)C(CN1CCNCC1)c1ccccc1. The molecule has 2 unspecified atom stereocenters. The summed E-state index contributed by atoms with van der Waals surface area (Å²) in [6.45, 7) is 10.6. The van der Waals surface area contributed by atoms with Crippen LogP contribution in [0.2, 0.25) is 0 Å². The average molecular weight is 246 g/mol. The lowest BCUT2D eigenvalue weighted by Gasteiger charge is -2.33. The van der Waals surface area contributed by atoms with Gasteiger partial charge in [0.15, 0.2) is 0 Å². The monoisotopic (exact) mass is 246 g/mol. The zero-order valence-electron chi connectivity index (χ0n) is 11.7. The van der Waals surface area contributed by atoms with Crippen molar-refractivity contribution in [1.82, 2.24) is 10.2 Å². The Morgan fingerprint density at radius 1 is 1.17 bits per heavy atom. The topological polar surface area (TPSA) is 15.3 Å². The van der Waals surface area contributed by atoms with Crippen molar-refractivity contribution in [2.24, 2.45) is 5.92 Å². The molecule has 2 rings (SSSR count). The fourth-order valence-corrected chi connectivity index (χ4v) is 2.77. The molecule has 0 aliphatic carbocycles. The highest BCUT2D eigenvalue weighted by atomic mass is 15.2. The van der Waals surface area contributed by atoms with Crippen LogP contribution in [0, 0.1) is 5.92 Å². The maximum absolute atomic E-state index is 3.43. The van der Waals surface area contributed by atoms with E-state index in [0.29, 0.717) is 5.92 Å². The molecule has 0 amide bonds. The second-order valence-corrected chi connectivity index (χ2v) is 5.45. The maximum Gasteiger partial charge on any atom is 0.0108 e. The zero-order valence-corrected chi connectivity index (χ0v) is 11.7. The van der Waals surface area contributed by atoms with Gasteiger partial charge in [0.25, 0.3) is 0 Å². The van der Waals surface area contributed by atoms with Crippen LogP contribution in [0.15, 0.2) is 30.3 Å². The summed E-state index contributed by atoms with van der Waals surface area (Å²) in [5, 5.41) is 3.43. The highest BCUT2D eigenvalue weighted by Gasteiger charge is 2.21. The van der Waals surface area contributed by atoms with Crippen LogP contribution in [0.4, 0.5) is 0 Å². The van der Waals surface area contributed by atoms with E-state index in [1.54, 1.807) is 0 Å². The van der Waals surface area contributed by atoms with Crippen molar-refractivity contribution in [3.63, 3.8) is 0 Å². The fraction of sp³-hybridized carbons (Fsp3) is 0.625. The predicted molar refractivity (Wildman–Crippen MR) is 77.9 cm³/mol. The molecule has 0 spiro atoms. The van der Waals surface area contributed by atoms with Gasteiger partial charge in [-0.1, -0.05) is 50.6 Å². The van der Waals surface area contributed by atoms with Crippen molar-refractivity contribution < 1.29 is 0 Å². The van der Waals surface area contributed by atoms with Crippen molar-refractivity contribution in [2.45, 2.75) is 26.2 Å². The molecule has 1 aromatic rings. The Hall–Kier alpha value is -0.860. The van der Waals surface area contributed by atoms with E-state index in [1.807, 2.05) is 0 Å². The molecule has 2 atom stereocenters. The van der Waals surface area contributed by atoms with Gasteiger partial charge in [0.05, 0.1) is 0 Å². The van der Waals surface area contributed by atoms with E-state index in [0.717, 1.165) is 19.0 Å². The van der Waals surface area contributed by atoms with Gasteiger partial charge in [-0.2, -0.15) is 0 Å². The summed E-state index contributed by atoms with van der Waals surface area (Å²) in [5.74, 6) is 1.43. The van der Waals surface area contributed by atoms with E-state index in [-0.39, 0.29) is 0 Å². The molecule has 1 saturated heterocycles. The molecule has 1 aliphatic rings. The van der Waals surface area contributed by atoms with Gasteiger partial charge in [-0.25, -0.2) is 0 Å². The molecular formula is C16H26N2. The molecular weight excluding hydrogens is 220 g/mol. The first kappa shape index (κ1) is 13.6. The maximum atomic E-state index is 3.43. The molecule has 0 bridgehead atoms. The van der Waals surface area contributed by atoms with Gasteiger partial charge in [0.1, 0.15) is 0 Å². The summed E-state index contributed by atoms with van der Waals surface area (Å²) >= 11 is 0. The molecule has 18 heavy (non-hydrogen) atoms. The minimum Gasteiger partial charge on any atom is -0.314 e. The predicted octanol–water partition coefficient (Wildman–Crippen LogP) is 2.72.